The topological polar surface area (TPSA) is 72.5 Å². The fourth-order valence-electron chi connectivity index (χ4n) is 2.24. The Morgan fingerprint density at radius 1 is 1.09 bits per heavy atom. The van der Waals surface area contributed by atoms with E-state index in [1.807, 2.05) is 31.2 Å². The fraction of sp³-hybridized carbons (Fsp3) is 0.235. The maximum absolute atomic E-state index is 12.3. The smallest absolute Gasteiger partial charge is 0.251 e. The maximum atomic E-state index is 12.3. The van der Waals surface area contributed by atoms with Crippen molar-refractivity contribution in [1.29, 1.82) is 0 Å². The van der Waals surface area contributed by atoms with Gasteiger partial charge < -0.3 is 10.1 Å². The average molecular weight is 333 g/mol. The van der Waals surface area contributed by atoms with E-state index in [0.29, 0.717) is 11.3 Å². The molecule has 23 heavy (non-hydrogen) atoms. The Hall–Kier alpha value is -2.34. The molecule has 0 saturated heterocycles. The van der Waals surface area contributed by atoms with E-state index in [-0.39, 0.29) is 16.8 Å². The van der Waals surface area contributed by atoms with Crippen molar-refractivity contribution < 1.29 is 17.9 Å². The lowest BCUT2D eigenvalue weighted by molar-refractivity contribution is 0.0939. The van der Waals surface area contributed by atoms with Gasteiger partial charge in [-0.05, 0) is 37.3 Å². The van der Waals surface area contributed by atoms with Crippen LogP contribution in [0.1, 0.15) is 28.9 Å². The molecule has 122 valence electrons. The molecule has 0 bridgehead atoms. The summed E-state index contributed by atoms with van der Waals surface area (Å²) >= 11 is 0. The summed E-state index contributed by atoms with van der Waals surface area (Å²) in [5, 5.41) is 2.88. The first-order chi connectivity index (χ1) is 10.8. The van der Waals surface area contributed by atoms with Crippen LogP contribution >= 0.6 is 0 Å². The molecule has 1 atom stereocenters. The van der Waals surface area contributed by atoms with E-state index >= 15 is 0 Å². The predicted molar refractivity (Wildman–Crippen MR) is 88.4 cm³/mol. The molecule has 5 nitrogen and oxygen atoms in total. The summed E-state index contributed by atoms with van der Waals surface area (Å²) in [6, 6.07) is 13.1. The summed E-state index contributed by atoms with van der Waals surface area (Å²) in [6.07, 6.45) is 1.13. The highest BCUT2D eigenvalue weighted by Gasteiger charge is 2.15. The second-order valence-corrected chi connectivity index (χ2v) is 7.25. The molecule has 0 heterocycles. The van der Waals surface area contributed by atoms with Gasteiger partial charge in [-0.3, -0.25) is 4.79 Å². The first-order valence-corrected chi connectivity index (χ1v) is 8.96. The number of amides is 1. The SMILES string of the molecule is COc1ccccc1[C@H](C)NC(=O)c1ccc(S(C)(=O)=O)cc1. The molecule has 1 amide bonds. The van der Waals surface area contributed by atoms with Gasteiger partial charge in [0, 0.05) is 17.4 Å². The van der Waals surface area contributed by atoms with Crippen LogP contribution < -0.4 is 10.1 Å². The second kappa shape index (κ2) is 6.83. The van der Waals surface area contributed by atoms with Crippen LogP contribution in [0.3, 0.4) is 0 Å². The van der Waals surface area contributed by atoms with Crippen molar-refractivity contribution in [2.45, 2.75) is 17.9 Å². The Labute approximate surface area is 136 Å². The molecule has 6 heteroatoms. The summed E-state index contributed by atoms with van der Waals surface area (Å²) in [6.45, 7) is 1.86. The first-order valence-electron chi connectivity index (χ1n) is 7.07. The van der Waals surface area contributed by atoms with E-state index in [1.54, 1.807) is 7.11 Å². The van der Waals surface area contributed by atoms with Crippen molar-refractivity contribution in [2.24, 2.45) is 0 Å². The van der Waals surface area contributed by atoms with Gasteiger partial charge in [-0.1, -0.05) is 18.2 Å². The number of methoxy groups -OCH3 is 1. The number of sulfone groups is 1. The number of carbonyl (C=O) groups excluding carboxylic acids is 1. The molecular weight excluding hydrogens is 314 g/mol. The fourth-order valence-corrected chi connectivity index (χ4v) is 2.87. The number of nitrogens with one attached hydrogen (secondary N) is 1. The highest BCUT2D eigenvalue weighted by molar-refractivity contribution is 7.90. The molecule has 0 aromatic heterocycles. The van der Waals surface area contributed by atoms with Gasteiger partial charge in [0.25, 0.3) is 5.91 Å². The van der Waals surface area contributed by atoms with Crippen molar-refractivity contribution in [2.75, 3.05) is 13.4 Å². The molecule has 0 spiro atoms. The van der Waals surface area contributed by atoms with Gasteiger partial charge in [0.15, 0.2) is 9.84 Å². The third-order valence-electron chi connectivity index (χ3n) is 3.50. The van der Waals surface area contributed by atoms with Crippen molar-refractivity contribution in [3.05, 3.63) is 59.7 Å². The molecule has 2 aromatic carbocycles. The number of hydrogen-bond acceptors (Lipinski definition) is 4. The number of rotatable bonds is 5. The molecule has 0 fully saturated rings. The van der Waals surface area contributed by atoms with Gasteiger partial charge in [-0.15, -0.1) is 0 Å². The lowest BCUT2D eigenvalue weighted by Gasteiger charge is -2.17. The van der Waals surface area contributed by atoms with Crippen LogP contribution in [0, 0.1) is 0 Å². The van der Waals surface area contributed by atoms with Crippen LogP contribution in [-0.4, -0.2) is 27.7 Å². The maximum Gasteiger partial charge on any atom is 0.251 e. The molecule has 0 radical (unpaired) electrons. The van der Waals surface area contributed by atoms with Crippen LogP contribution in [0.4, 0.5) is 0 Å². The molecule has 1 N–H and O–H groups in total. The molecule has 0 aliphatic carbocycles. The third-order valence-corrected chi connectivity index (χ3v) is 4.63. The zero-order valence-electron chi connectivity index (χ0n) is 13.2. The summed E-state index contributed by atoms with van der Waals surface area (Å²) in [4.78, 5) is 12.5. The minimum Gasteiger partial charge on any atom is -0.496 e. The minimum absolute atomic E-state index is 0.187. The Morgan fingerprint density at radius 2 is 1.70 bits per heavy atom. The van der Waals surface area contributed by atoms with Gasteiger partial charge in [0.1, 0.15) is 5.75 Å². The van der Waals surface area contributed by atoms with E-state index < -0.39 is 9.84 Å². The van der Waals surface area contributed by atoms with E-state index in [0.717, 1.165) is 11.8 Å². The Bertz CT molecular complexity index is 798. The van der Waals surface area contributed by atoms with Gasteiger partial charge in [0.05, 0.1) is 18.0 Å². The number of benzene rings is 2. The number of hydrogen-bond donors (Lipinski definition) is 1. The van der Waals surface area contributed by atoms with Crippen molar-refractivity contribution in [1.82, 2.24) is 5.32 Å². The molecule has 0 aliphatic heterocycles. The quantitative estimate of drug-likeness (QED) is 0.913. The zero-order chi connectivity index (χ0) is 17.0. The third kappa shape index (κ3) is 4.10. The summed E-state index contributed by atoms with van der Waals surface area (Å²) in [5.41, 5.74) is 1.27. The summed E-state index contributed by atoms with van der Waals surface area (Å²) in [7, 11) is -1.69. The zero-order valence-corrected chi connectivity index (χ0v) is 14.1. The van der Waals surface area contributed by atoms with E-state index in [4.69, 9.17) is 4.74 Å². The van der Waals surface area contributed by atoms with Crippen LogP contribution in [0.5, 0.6) is 5.75 Å². The van der Waals surface area contributed by atoms with Crippen LogP contribution in [0.25, 0.3) is 0 Å². The van der Waals surface area contributed by atoms with Crippen molar-refractivity contribution in [3.63, 3.8) is 0 Å². The van der Waals surface area contributed by atoms with Crippen LogP contribution in [0.2, 0.25) is 0 Å². The lowest BCUT2D eigenvalue weighted by atomic mass is 10.1. The number of ether oxygens (including phenoxy) is 1. The van der Waals surface area contributed by atoms with Crippen molar-refractivity contribution in [3.8, 4) is 5.75 Å². The first kappa shape index (κ1) is 17.0. The summed E-state index contributed by atoms with van der Waals surface area (Å²) in [5.74, 6) is 0.427. The Morgan fingerprint density at radius 3 is 2.26 bits per heavy atom. The van der Waals surface area contributed by atoms with Crippen LogP contribution in [0.15, 0.2) is 53.4 Å². The normalized spacial score (nSPS) is 12.5. The Kier molecular flexibility index (Phi) is 5.05. The van der Waals surface area contributed by atoms with E-state index in [2.05, 4.69) is 5.32 Å². The molecular formula is C17H19NO4S. The average Bonchev–Trinajstić information content (AvgIpc) is 2.54. The highest BCUT2D eigenvalue weighted by Crippen LogP contribution is 2.24. The summed E-state index contributed by atoms with van der Waals surface area (Å²) < 4.78 is 28.2. The lowest BCUT2D eigenvalue weighted by Crippen LogP contribution is -2.26. The van der Waals surface area contributed by atoms with Gasteiger partial charge in [-0.2, -0.15) is 0 Å². The Balaban J connectivity index is 2.15. The monoisotopic (exact) mass is 333 g/mol. The van der Waals surface area contributed by atoms with Gasteiger partial charge in [0.2, 0.25) is 0 Å². The number of carbonyl (C=O) groups is 1. The predicted octanol–water partition coefficient (Wildman–Crippen LogP) is 2.59. The second-order valence-electron chi connectivity index (χ2n) is 5.23. The van der Waals surface area contributed by atoms with Crippen LogP contribution in [-0.2, 0) is 9.84 Å². The number of para-hydroxylation sites is 1. The molecule has 2 aromatic rings. The van der Waals surface area contributed by atoms with Gasteiger partial charge in [-0.25, -0.2) is 8.42 Å². The molecule has 0 aliphatic rings. The molecule has 0 unspecified atom stereocenters. The highest BCUT2D eigenvalue weighted by atomic mass is 32.2. The molecule has 2 rings (SSSR count). The van der Waals surface area contributed by atoms with Crippen molar-refractivity contribution >= 4 is 15.7 Å². The molecule has 0 saturated carbocycles. The standard InChI is InChI=1S/C17H19NO4S/c1-12(15-6-4-5-7-16(15)22-2)18-17(19)13-8-10-14(11-9-13)23(3,20)21/h4-12H,1-3H3,(H,18,19)/t12-/m0/s1. The van der Waals surface area contributed by atoms with Gasteiger partial charge >= 0.3 is 0 Å². The largest absolute Gasteiger partial charge is 0.496 e. The van der Waals surface area contributed by atoms with E-state index in [1.165, 1.54) is 24.3 Å². The minimum atomic E-state index is -3.27. The van der Waals surface area contributed by atoms with E-state index in [9.17, 15) is 13.2 Å².